The van der Waals surface area contributed by atoms with Crippen LogP contribution in [0.4, 0.5) is 0 Å². The third-order valence-electron chi connectivity index (χ3n) is 3.98. The van der Waals surface area contributed by atoms with Gasteiger partial charge >= 0.3 is 0 Å². The van der Waals surface area contributed by atoms with E-state index in [0.29, 0.717) is 6.42 Å². The number of ether oxygens (including phenoxy) is 1. The molecule has 0 aliphatic carbocycles. The lowest BCUT2D eigenvalue weighted by Gasteiger charge is -2.18. The van der Waals surface area contributed by atoms with Gasteiger partial charge in [0.1, 0.15) is 5.75 Å². The zero-order chi connectivity index (χ0) is 15.6. The van der Waals surface area contributed by atoms with Crippen LogP contribution >= 0.6 is 0 Å². The van der Waals surface area contributed by atoms with E-state index in [0.717, 1.165) is 16.9 Å². The maximum Gasteiger partial charge on any atom is 0.124 e. The van der Waals surface area contributed by atoms with E-state index in [2.05, 4.69) is 32.9 Å². The molecule has 0 heterocycles. The Balaban J connectivity index is 2.34. The monoisotopic (exact) mass is 284 g/mol. The third-order valence-corrected chi connectivity index (χ3v) is 3.98. The second-order valence-corrected chi connectivity index (χ2v) is 5.84. The van der Waals surface area contributed by atoms with Gasteiger partial charge in [0.2, 0.25) is 0 Å². The first-order valence-electron chi connectivity index (χ1n) is 7.31. The van der Waals surface area contributed by atoms with E-state index in [4.69, 9.17) is 4.74 Å². The van der Waals surface area contributed by atoms with Gasteiger partial charge in [0.25, 0.3) is 0 Å². The average Bonchev–Trinajstić information content (AvgIpc) is 2.42. The Morgan fingerprint density at radius 1 is 0.952 bits per heavy atom. The highest BCUT2D eigenvalue weighted by Gasteiger charge is 2.16. The first-order valence-corrected chi connectivity index (χ1v) is 7.31. The number of benzene rings is 2. The highest BCUT2D eigenvalue weighted by molar-refractivity contribution is 5.42. The first kappa shape index (κ1) is 15.6. The molecule has 0 saturated heterocycles. The zero-order valence-electron chi connectivity index (χ0n) is 13.5. The lowest BCUT2D eigenvalue weighted by Crippen LogP contribution is -2.07. The highest BCUT2D eigenvalue weighted by atomic mass is 16.5. The van der Waals surface area contributed by atoms with Crippen molar-refractivity contribution in [3.8, 4) is 5.75 Å². The van der Waals surface area contributed by atoms with E-state index in [1.807, 2.05) is 25.1 Å². The van der Waals surface area contributed by atoms with Gasteiger partial charge in [-0.3, -0.25) is 0 Å². The number of hydrogen-bond donors (Lipinski definition) is 1. The van der Waals surface area contributed by atoms with E-state index in [1.165, 1.54) is 22.3 Å². The fourth-order valence-electron chi connectivity index (χ4n) is 2.95. The molecule has 0 radical (unpaired) electrons. The minimum absolute atomic E-state index is 0.556. The van der Waals surface area contributed by atoms with Crippen LogP contribution in [0.25, 0.3) is 0 Å². The van der Waals surface area contributed by atoms with Gasteiger partial charge in [-0.2, -0.15) is 0 Å². The number of methoxy groups -OCH3 is 1. The number of hydrogen-bond acceptors (Lipinski definition) is 2. The van der Waals surface area contributed by atoms with Crippen LogP contribution in [0.2, 0.25) is 0 Å². The molecule has 21 heavy (non-hydrogen) atoms. The van der Waals surface area contributed by atoms with Crippen LogP contribution in [0.1, 0.15) is 39.5 Å². The van der Waals surface area contributed by atoms with Crippen LogP contribution in [-0.4, -0.2) is 12.2 Å². The Labute approximate surface area is 127 Å². The summed E-state index contributed by atoms with van der Waals surface area (Å²) in [6.45, 7) is 8.34. The summed E-state index contributed by atoms with van der Waals surface area (Å²) in [6, 6.07) is 10.3. The minimum atomic E-state index is -0.556. The summed E-state index contributed by atoms with van der Waals surface area (Å²) in [6.07, 6.45) is 0.0533. The van der Waals surface area contributed by atoms with Crippen molar-refractivity contribution < 1.29 is 9.84 Å². The molecule has 0 saturated carbocycles. The van der Waals surface area contributed by atoms with Crippen LogP contribution in [0.15, 0.2) is 30.3 Å². The molecular weight excluding hydrogens is 260 g/mol. The maximum atomic E-state index is 10.6. The summed E-state index contributed by atoms with van der Waals surface area (Å²) in [5.74, 6) is 0.746. The van der Waals surface area contributed by atoms with Crippen LogP contribution in [0.5, 0.6) is 5.75 Å². The molecular formula is C19H24O2. The fraction of sp³-hybridized carbons (Fsp3) is 0.368. The summed E-state index contributed by atoms with van der Waals surface area (Å²) < 4.78 is 5.38. The van der Waals surface area contributed by atoms with E-state index < -0.39 is 6.10 Å². The normalized spacial score (nSPS) is 12.3. The van der Waals surface area contributed by atoms with Crippen molar-refractivity contribution in [1.29, 1.82) is 0 Å². The van der Waals surface area contributed by atoms with Gasteiger partial charge < -0.3 is 9.84 Å². The Morgan fingerprint density at radius 3 is 2.14 bits per heavy atom. The first-order chi connectivity index (χ1) is 9.92. The molecule has 1 N–H and O–H groups in total. The molecule has 112 valence electrons. The smallest absolute Gasteiger partial charge is 0.124 e. The third kappa shape index (κ3) is 3.45. The van der Waals surface area contributed by atoms with Crippen molar-refractivity contribution in [2.75, 3.05) is 7.11 Å². The van der Waals surface area contributed by atoms with Gasteiger partial charge in [0, 0.05) is 12.0 Å². The zero-order valence-corrected chi connectivity index (χ0v) is 13.5. The van der Waals surface area contributed by atoms with E-state index >= 15 is 0 Å². The van der Waals surface area contributed by atoms with Gasteiger partial charge in [-0.1, -0.05) is 29.3 Å². The highest BCUT2D eigenvalue weighted by Crippen LogP contribution is 2.30. The number of aliphatic hydroxyl groups is 1. The van der Waals surface area contributed by atoms with Crippen molar-refractivity contribution in [2.45, 2.75) is 40.2 Å². The van der Waals surface area contributed by atoms with Crippen molar-refractivity contribution in [1.82, 2.24) is 0 Å². The molecule has 2 rings (SSSR count). The topological polar surface area (TPSA) is 29.5 Å². The van der Waals surface area contributed by atoms with Crippen LogP contribution in [-0.2, 0) is 6.42 Å². The summed E-state index contributed by atoms with van der Waals surface area (Å²) in [4.78, 5) is 0. The number of aliphatic hydroxyl groups excluding tert-OH is 1. The van der Waals surface area contributed by atoms with Crippen molar-refractivity contribution in [3.05, 3.63) is 63.7 Å². The van der Waals surface area contributed by atoms with Gasteiger partial charge in [-0.15, -0.1) is 0 Å². The molecule has 2 heteroatoms. The fourth-order valence-corrected chi connectivity index (χ4v) is 2.95. The standard InChI is InChI=1S/C19H24O2/c1-12-6-7-19(21-5)17(10-12)18(20)11-16-14(3)8-13(2)9-15(16)4/h6-10,18,20H,11H2,1-5H3. The van der Waals surface area contributed by atoms with Gasteiger partial charge in [0.15, 0.2) is 0 Å². The van der Waals surface area contributed by atoms with E-state index in [1.54, 1.807) is 7.11 Å². The van der Waals surface area contributed by atoms with Gasteiger partial charge in [-0.25, -0.2) is 0 Å². The van der Waals surface area contributed by atoms with Gasteiger partial charge in [0.05, 0.1) is 13.2 Å². The van der Waals surface area contributed by atoms with Crippen LogP contribution in [0.3, 0.4) is 0 Å². The number of rotatable bonds is 4. The molecule has 2 aromatic rings. The van der Waals surface area contributed by atoms with Crippen molar-refractivity contribution in [3.63, 3.8) is 0 Å². The van der Waals surface area contributed by atoms with Crippen LogP contribution < -0.4 is 4.74 Å². The van der Waals surface area contributed by atoms with Crippen molar-refractivity contribution in [2.24, 2.45) is 0 Å². The number of aryl methyl sites for hydroxylation is 4. The predicted molar refractivity (Wildman–Crippen MR) is 87.0 cm³/mol. The summed E-state index contributed by atoms with van der Waals surface area (Å²) in [5, 5.41) is 10.6. The molecule has 1 atom stereocenters. The molecule has 0 amide bonds. The molecule has 0 fully saturated rings. The van der Waals surface area contributed by atoms with E-state index in [-0.39, 0.29) is 0 Å². The second kappa shape index (κ2) is 6.31. The largest absolute Gasteiger partial charge is 0.496 e. The summed E-state index contributed by atoms with van der Waals surface area (Å²) >= 11 is 0. The Kier molecular flexibility index (Phi) is 4.69. The second-order valence-electron chi connectivity index (χ2n) is 5.84. The van der Waals surface area contributed by atoms with Gasteiger partial charge in [-0.05, 0) is 56.5 Å². The van der Waals surface area contributed by atoms with Crippen molar-refractivity contribution >= 4 is 0 Å². The molecule has 0 spiro atoms. The molecule has 0 aliphatic rings. The summed E-state index contributed by atoms with van der Waals surface area (Å²) in [7, 11) is 1.64. The molecule has 0 aromatic heterocycles. The Hall–Kier alpha value is -1.80. The minimum Gasteiger partial charge on any atom is -0.496 e. The molecule has 2 aromatic carbocycles. The van der Waals surface area contributed by atoms with Crippen LogP contribution in [0, 0.1) is 27.7 Å². The Bertz CT molecular complexity index is 621. The molecule has 0 bridgehead atoms. The molecule has 2 nitrogen and oxygen atoms in total. The predicted octanol–water partition coefficient (Wildman–Crippen LogP) is 4.20. The Morgan fingerprint density at radius 2 is 1.57 bits per heavy atom. The SMILES string of the molecule is COc1ccc(C)cc1C(O)Cc1c(C)cc(C)cc1C. The lowest BCUT2D eigenvalue weighted by molar-refractivity contribution is 0.173. The molecule has 1 unspecified atom stereocenters. The average molecular weight is 284 g/mol. The van der Waals surface area contributed by atoms with E-state index in [9.17, 15) is 5.11 Å². The summed E-state index contributed by atoms with van der Waals surface area (Å²) in [5.41, 5.74) is 6.93. The molecule has 0 aliphatic heterocycles. The lowest BCUT2D eigenvalue weighted by atomic mass is 9.92. The quantitative estimate of drug-likeness (QED) is 0.911. The maximum absolute atomic E-state index is 10.6.